The lowest BCUT2D eigenvalue weighted by Gasteiger charge is -2.28. The molecule has 108 valence electrons. The molecule has 1 heterocycles. The van der Waals surface area contributed by atoms with Crippen molar-refractivity contribution in [3.05, 3.63) is 0 Å². The summed E-state index contributed by atoms with van der Waals surface area (Å²) < 4.78 is 5.44. The lowest BCUT2D eigenvalue weighted by atomic mass is 9.95. The monoisotopic (exact) mass is 267 g/mol. The number of hydrogen-bond acceptors (Lipinski definition) is 3. The van der Waals surface area contributed by atoms with Crippen molar-refractivity contribution in [3.63, 3.8) is 0 Å². The molecule has 1 amide bonds. The van der Waals surface area contributed by atoms with Crippen LogP contribution in [0.25, 0.3) is 0 Å². The summed E-state index contributed by atoms with van der Waals surface area (Å²) in [5.41, 5.74) is -0.298. The summed E-state index contributed by atoms with van der Waals surface area (Å²) in [7, 11) is 0. The molecule has 1 atom stereocenters. The fraction of sp³-hybridized carbons (Fsp3) is 0.867. The van der Waals surface area contributed by atoms with Gasteiger partial charge in [-0.3, -0.25) is 9.69 Å². The van der Waals surface area contributed by atoms with Gasteiger partial charge in [0.25, 0.3) is 0 Å². The van der Waals surface area contributed by atoms with Crippen LogP contribution in [0.5, 0.6) is 0 Å². The second-order valence-corrected chi connectivity index (χ2v) is 7.39. The van der Waals surface area contributed by atoms with Gasteiger partial charge < -0.3 is 4.74 Å². The Bertz CT molecular complexity index is 391. The molecule has 1 saturated heterocycles. The number of likely N-dealkylation sites (tertiary alicyclic amines) is 1. The minimum atomic E-state index is -0.512. The quantitative estimate of drug-likeness (QED) is 0.772. The molecule has 1 aliphatic heterocycles. The highest BCUT2D eigenvalue weighted by Gasteiger charge is 2.55. The normalized spacial score (nSPS) is 24.9. The number of carbonyl (C=O) groups is 2. The molecule has 19 heavy (non-hydrogen) atoms. The predicted octanol–water partition coefficient (Wildman–Crippen LogP) is 3.00. The lowest BCUT2D eigenvalue weighted by molar-refractivity contribution is -0.126. The van der Waals surface area contributed by atoms with Crippen molar-refractivity contribution in [2.75, 3.05) is 6.54 Å². The van der Waals surface area contributed by atoms with Crippen molar-refractivity contribution in [1.82, 2.24) is 4.90 Å². The minimum Gasteiger partial charge on any atom is -0.444 e. The highest BCUT2D eigenvalue weighted by Crippen LogP contribution is 2.55. The Morgan fingerprint density at radius 1 is 1.26 bits per heavy atom. The number of carbonyl (C=O) groups excluding carboxylic acids is 2. The molecule has 0 unspecified atom stereocenters. The van der Waals surface area contributed by atoms with Gasteiger partial charge >= 0.3 is 6.09 Å². The molecule has 2 fully saturated rings. The van der Waals surface area contributed by atoms with Crippen molar-refractivity contribution >= 4 is 11.9 Å². The van der Waals surface area contributed by atoms with Crippen LogP contribution in [0.1, 0.15) is 53.9 Å². The van der Waals surface area contributed by atoms with Crippen molar-refractivity contribution in [2.45, 2.75) is 65.5 Å². The average Bonchev–Trinajstić information content (AvgIpc) is 2.86. The van der Waals surface area contributed by atoms with E-state index in [1.165, 1.54) is 0 Å². The van der Waals surface area contributed by atoms with Crippen LogP contribution < -0.4 is 0 Å². The number of nitrogens with zero attached hydrogens (tertiary/aromatic N) is 1. The summed E-state index contributed by atoms with van der Waals surface area (Å²) in [4.78, 5) is 26.2. The number of ketones is 1. The van der Waals surface area contributed by atoms with Crippen molar-refractivity contribution in [1.29, 1.82) is 0 Å². The van der Waals surface area contributed by atoms with Crippen LogP contribution in [-0.4, -0.2) is 35.0 Å². The summed E-state index contributed by atoms with van der Waals surface area (Å²) >= 11 is 0. The van der Waals surface area contributed by atoms with Gasteiger partial charge in [-0.05, 0) is 45.4 Å². The summed E-state index contributed by atoms with van der Waals surface area (Å²) in [6.45, 7) is 10.0. The molecule has 0 radical (unpaired) electrons. The number of amides is 1. The molecule has 0 aromatic carbocycles. The zero-order chi connectivity index (χ0) is 14.4. The highest BCUT2D eigenvalue weighted by molar-refractivity contribution is 5.89. The third-order valence-corrected chi connectivity index (χ3v) is 3.99. The van der Waals surface area contributed by atoms with Gasteiger partial charge in [-0.1, -0.05) is 13.8 Å². The largest absolute Gasteiger partial charge is 0.444 e. The van der Waals surface area contributed by atoms with E-state index >= 15 is 0 Å². The van der Waals surface area contributed by atoms with Gasteiger partial charge in [0.1, 0.15) is 5.60 Å². The predicted molar refractivity (Wildman–Crippen MR) is 72.9 cm³/mol. The Hall–Kier alpha value is -1.06. The van der Waals surface area contributed by atoms with E-state index in [2.05, 4.69) is 0 Å². The van der Waals surface area contributed by atoms with Gasteiger partial charge in [0.05, 0.1) is 6.04 Å². The Labute approximate surface area is 115 Å². The molecule has 1 spiro atoms. The minimum absolute atomic E-state index is 0.0381. The summed E-state index contributed by atoms with van der Waals surface area (Å²) in [5, 5.41) is 0. The Morgan fingerprint density at radius 2 is 1.84 bits per heavy atom. The van der Waals surface area contributed by atoms with E-state index in [1.807, 2.05) is 34.6 Å². The Kier molecular flexibility index (Phi) is 3.40. The van der Waals surface area contributed by atoms with Crippen LogP contribution in [0.15, 0.2) is 0 Å². The molecule has 2 aliphatic rings. The zero-order valence-electron chi connectivity index (χ0n) is 12.7. The molecule has 0 aromatic rings. The van der Waals surface area contributed by atoms with E-state index in [4.69, 9.17) is 4.74 Å². The molecule has 4 heteroatoms. The van der Waals surface area contributed by atoms with E-state index in [-0.39, 0.29) is 29.3 Å². The van der Waals surface area contributed by atoms with Crippen LogP contribution in [0.4, 0.5) is 4.79 Å². The zero-order valence-corrected chi connectivity index (χ0v) is 12.7. The van der Waals surface area contributed by atoms with Crippen molar-refractivity contribution in [2.24, 2.45) is 11.3 Å². The molecule has 1 aliphatic carbocycles. The maximum Gasteiger partial charge on any atom is 0.410 e. The molecule has 2 rings (SSSR count). The second-order valence-electron chi connectivity index (χ2n) is 7.39. The van der Waals surface area contributed by atoms with Gasteiger partial charge in [0.2, 0.25) is 0 Å². The molecular weight excluding hydrogens is 242 g/mol. The van der Waals surface area contributed by atoms with E-state index in [0.29, 0.717) is 6.54 Å². The maximum atomic E-state index is 12.3. The highest BCUT2D eigenvalue weighted by atomic mass is 16.6. The molecule has 0 aromatic heterocycles. The maximum absolute atomic E-state index is 12.3. The number of hydrogen-bond donors (Lipinski definition) is 0. The smallest absolute Gasteiger partial charge is 0.410 e. The van der Waals surface area contributed by atoms with Gasteiger partial charge in [0.15, 0.2) is 5.78 Å². The van der Waals surface area contributed by atoms with Gasteiger partial charge in [-0.15, -0.1) is 0 Å². The first-order chi connectivity index (χ1) is 8.64. The number of ether oxygens (including phenoxy) is 1. The Morgan fingerprint density at radius 3 is 2.26 bits per heavy atom. The standard InChI is InChI=1S/C15H25NO3/c1-10(2)12(17)11-8-15(6-7-15)9-16(11)13(18)19-14(3,4)5/h10-11H,6-9H2,1-5H3/t11-/m0/s1. The van der Waals surface area contributed by atoms with E-state index in [0.717, 1.165) is 19.3 Å². The fourth-order valence-electron chi connectivity index (χ4n) is 2.75. The van der Waals surface area contributed by atoms with E-state index < -0.39 is 5.60 Å². The van der Waals surface area contributed by atoms with Gasteiger partial charge in [0, 0.05) is 12.5 Å². The Balaban J connectivity index is 2.12. The first kappa shape index (κ1) is 14.4. The summed E-state index contributed by atoms with van der Waals surface area (Å²) in [5.74, 6) is 0.124. The topological polar surface area (TPSA) is 46.6 Å². The first-order valence-corrected chi connectivity index (χ1v) is 7.17. The third-order valence-electron chi connectivity index (χ3n) is 3.99. The average molecular weight is 267 g/mol. The SMILES string of the molecule is CC(C)C(=O)[C@@H]1CC2(CC2)CN1C(=O)OC(C)(C)C. The molecule has 1 saturated carbocycles. The first-order valence-electron chi connectivity index (χ1n) is 7.17. The van der Waals surface area contributed by atoms with Crippen LogP contribution in [0.2, 0.25) is 0 Å². The van der Waals surface area contributed by atoms with Crippen LogP contribution in [0.3, 0.4) is 0 Å². The molecule has 4 nitrogen and oxygen atoms in total. The molecular formula is C15H25NO3. The van der Waals surface area contributed by atoms with Crippen molar-refractivity contribution in [3.8, 4) is 0 Å². The van der Waals surface area contributed by atoms with Crippen LogP contribution in [-0.2, 0) is 9.53 Å². The van der Waals surface area contributed by atoms with E-state index in [1.54, 1.807) is 4.90 Å². The molecule has 0 N–H and O–H groups in total. The van der Waals surface area contributed by atoms with Gasteiger partial charge in [-0.25, -0.2) is 4.79 Å². The van der Waals surface area contributed by atoms with Crippen LogP contribution >= 0.6 is 0 Å². The lowest BCUT2D eigenvalue weighted by Crippen LogP contribution is -2.44. The van der Waals surface area contributed by atoms with E-state index in [9.17, 15) is 9.59 Å². The molecule has 0 bridgehead atoms. The fourth-order valence-corrected chi connectivity index (χ4v) is 2.75. The third kappa shape index (κ3) is 3.10. The van der Waals surface area contributed by atoms with Gasteiger partial charge in [-0.2, -0.15) is 0 Å². The number of rotatable bonds is 2. The number of Topliss-reactive ketones (excluding diaryl/α,β-unsaturated/α-hetero) is 1. The van der Waals surface area contributed by atoms with Crippen molar-refractivity contribution < 1.29 is 14.3 Å². The second kappa shape index (κ2) is 4.50. The van der Waals surface area contributed by atoms with Crippen LogP contribution in [0, 0.1) is 11.3 Å². The summed E-state index contributed by atoms with van der Waals surface area (Å²) in [6, 6.07) is -0.280. The summed E-state index contributed by atoms with van der Waals surface area (Å²) in [6.07, 6.45) is 2.75.